The van der Waals surface area contributed by atoms with Gasteiger partial charge in [-0.3, -0.25) is 0 Å². The maximum atomic E-state index is 8.70. The first kappa shape index (κ1) is 74.6. The van der Waals surface area contributed by atoms with Crippen LogP contribution >= 0.6 is 0 Å². The fraction of sp³-hybridized carbons (Fsp3) is 0.402. The van der Waals surface area contributed by atoms with Gasteiger partial charge in [-0.1, -0.05) is 160 Å². The molecule has 0 fully saturated rings. The first-order valence-electron chi connectivity index (χ1n) is 37.7. The Hall–Kier alpha value is -8.15. The SMILES string of the molecule is CCC(CC)c1c[n+](C)c(-c2ccccc2C)cc1C.CCC(CC)c1cc[n+](C)c(-c2ccccc2C)c1.CCC(CC)c1ccc(-c2ccccc2C)[n+](C)c1.[2H]C(CC)(CC)c1c[n+](C)c(-c2ccccc2C)cc1C.[2H]C(CC)(CC)c1ccc(-c2ccccc2C)[n+](C)c1. The third kappa shape index (κ3) is 20.5. The van der Waals surface area contributed by atoms with Crippen LogP contribution in [0.3, 0.4) is 0 Å². The molecule has 0 N–H and O–H groups in total. The average Bonchev–Trinajstić information content (AvgIpc) is 0.812. The van der Waals surface area contributed by atoms with E-state index in [2.05, 4.69) is 377 Å². The number of benzene rings is 5. The lowest BCUT2D eigenvalue weighted by Crippen LogP contribution is -2.32. The van der Waals surface area contributed by atoms with E-state index in [9.17, 15) is 0 Å². The molecule has 10 rings (SSSR count). The molecule has 0 aliphatic heterocycles. The van der Waals surface area contributed by atoms with Crippen LogP contribution in [0.15, 0.2) is 201 Å². The highest BCUT2D eigenvalue weighted by Crippen LogP contribution is 2.33. The van der Waals surface area contributed by atoms with Crippen LogP contribution in [0.25, 0.3) is 56.3 Å². The highest BCUT2D eigenvalue weighted by atomic mass is 14.9. The summed E-state index contributed by atoms with van der Waals surface area (Å²) in [6, 6.07) is 60.7. The summed E-state index contributed by atoms with van der Waals surface area (Å²) in [4.78, 5) is 0. The lowest BCUT2D eigenvalue weighted by Gasteiger charge is -2.15. The van der Waals surface area contributed by atoms with E-state index >= 15 is 0 Å². The number of nitrogens with zero attached hydrogens (tertiary/aromatic N) is 5. The molecule has 0 spiro atoms. The van der Waals surface area contributed by atoms with Crippen molar-refractivity contribution in [1.29, 1.82) is 0 Å². The molecule has 5 heterocycles. The van der Waals surface area contributed by atoms with Crippen molar-refractivity contribution in [2.75, 3.05) is 0 Å². The molecule has 0 amide bonds. The molecular weight excluding hydrogens is 1180 g/mol. The summed E-state index contributed by atoms with van der Waals surface area (Å²) in [6.45, 7) is 37.2. The van der Waals surface area contributed by atoms with Crippen molar-refractivity contribution in [2.24, 2.45) is 35.2 Å². The summed E-state index contributed by atoms with van der Waals surface area (Å²) in [5.74, 6) is 1.07. The van der Waals surface area contributed by atoms with E-state index in [1.807, 2.05) is 0 Å². The number of hydrogen-bond acceptors (Lipinski definition) is 0. The molecule has 0 unspecified atom stereocenters. The van der Waals surface area contributed by atoms with Crippen molar-refractivity contribution in [3.05, 3.63) is 268 Å². The van der Waals surface area contributed by atoms with Crippen molar-refractivity contribution >= 4 is 0 Å². The number of aryl methyl sites for hydroxylation is 12. The van der Waals surface area contributed by atoms with Gasteiger partial charge < -0.3 is 0 Å². The Bertz CT molecular complexity index is 4200. The van der Waals surface area contributed by atoms with Gasteiger partial charge in [0.05, 0.1) is 0 Å². The third-order valence-corrected chi connectivity index (χ3v) is 20.4. The molecule has 0 bridgehead atoms. The van der Waals surface area contributed by atoms with Gasteiger partial charge in [0.15, 0.2) is 31.0 Å². The molecule has 0 atom stereocenters. The van der Waals surface area contributed by atoms with Gasteiger partial charge in [0, 0.05) is 89.2 Å². The Morgan fingerprint density at radius 3 is 0.907 bits per heavy atom. The largest absolute Gasteiger partial charge is 0.212 e. The third-order valence-electron chi connectivity index (χ3n) is 20.4. The van der Waals surface area contributed by atoms with E-state index in [4.69, 9.17) is 2.74 Å². The van der Waals surface area contributed by atoms with Crippen LogP contribution in [0.5, 0.6) is 0 Å². The Kier molecular flexibility index (Phi) is 29.8. The van der Waals surface area contributed by atoms with Crippen molar-refractivity contribution in [1.82, 2.24) is 0 Å². The minimum absolute atomic E-state index is 0.470. The summed E-state index contributed by atoms with van der Waals surface area (Å²) < 4.78 is 28.3. The summed E-state index contributed by atoms with van der Waals surface area (Å²) in [5, 5.41) is 0. The van der Waals surface area contributed by atoms with Gasteiger partial charge in [-0.25, -0.2) is 22.8 Å². The molecule has 0 saturated carbocycles. The number of aromatic nitrogens is 5. The average molecular weight is 1300 g/mol. The quantitative estimate of drug-likeness (QED) is 0.0678. The molecular formula is C92H124N5+5. The lowest BCUT2D eigenvalue weighted by molar-refractivity contribution is -0.661. The summed E-state index contributed by atoms with van der Waals surface area (Å²) in [5.41, 5.74) is 28.6. The van der Waals surface area contributed by atoms with Crippen LogP contribution in [-0.4, -0.2) is 0 Å². The molecule has 5 aromatic carbocycles. The standard InChI is InChI=1S/2C19H26N.3C18H24N/c2*1-6-16(7-2)18-13-20(5)19(12-15(18)4)17-11-9-8-10-14(17)3;1-5-15(6-2)16-11-12-19(4)18(13-16)17-10-8-7-9-14(17)3;2*1-5-15(6-2)16-11-12-18(19(4)13-16)17-10-8-7-9-14(17)3/h2*8-13,16H,6-7H2,1-5H3;3*7-13,15H,5-6H2,1-4H3/q5*+1/i16D;;;15D;. The summed E-state index contributed by atoms with van der Waals surface area (Å²) >= 11 is 0. The molecule has 5 nitrogen and oxygen atoms in total. The molecule has 0 saturated heterocycles. The lowest BCUT2D eigenvalue weighted by atomic mass is 9.91. The monoisotopic (exact) mass is 1300 g/mol. The molecule has 0 aliphatic rings. The van der Waals surface area contributed by atoms with Crippen LogP contribution < -0.4 is 22.8 Å². The van der Waals surface area contributed by atoms with E-state index in [0.717, 1.165) is 36.8 Å². The van der Waals surface area contributed by atoms with Crippen molar-refractivity contribution < 1.29 is 25.6 Å². The second-order valence-electron chi connectivity index (χ2n) is 26.8. The van der Waals surface area contributed by atoms with Crippen LogP contribution in [0, 0.1) is 48.5 Å². The second-order valence-corrected chi connectivity index (χ2v) is 26.8. The van der Waals surface area contributed by atoms with Crippen molar-refractivity contribution in [3.63, 3.8) is 0 Å². The highest BCUT2D eigenvalue weighted by molar-refractivity contribution is 5.65. The maximum Gasteiger partial charge on any atom is 0.212 e. The van der Waals surface area contributed by atoms with E-state index in [1.54, 1.807) is 0 Å². The van der Waals surface area contributed by atoms with Gasteiger partial charge in [-0.2, -0.15) is 0 Å². The fourth-order valence-corrected chi connectivity index (χ4v) is 14.0. The second kappa shape index (κ2) is 38.7. The maximum absolute atomic E-state index is 8.70. The van der Waals surface area contributed by atoms with Gasteiger partial charge in [-0.05, 0) is 229 Å². The van der Waals surface area contributed by atoms with Gasteiger partial charge in [-0.15, -0.1) is 0 Å². The number of hydrogen-bond donors (Lipinski definition) is 0. The molecule has 5 heteroatoms. The molecule has 97 heavy (non-hydrogen) atoms. The smallest absolute Gasteiger partial charge is 0.201 e. The zero-order valence-electron chi connectivity index (χ0n) is 66.1. The number of pyridine rings is 5. The molecule has 5 aromatic heterocycles. The zero-order chi connectivity index (χ0) is 72.7. The minimum Gasteiger partial charge on any atom is -0.201 e. The van der Waals surface area contributed by atoms with Gasteiger partial charge in [0.2, 0.25) is 28.5 Å². The highest BCUT2D eigenvalue weighted by Gasteiger charge is 2.23. The Morgan fingerprint density at radius 1 is 0.258 bits per heavy atom. The van der Waals surface area contributed by atoms with Crippen LogP contribution in [0.2, 0.25) is 0 Å². The van der Waals surface area contributed by atoms with Crippen LogP contribution in [-0.2, 0) is 35.2 Å². The summed E-state index contributed by atoms with van der Waals surface area (Å²) in [6.07, 6.45) is 21.7. The number of rotatable bonds is 20. The van der Waals surface area contributed by atoms with Crippen LogP contribution in [0.4, 0.5) is 0 Å². The van der Waals surface area contributed by atoms with Gasteiger partial charge >= 0.3 is 0 Å². The predicted molar refractivity (Wildman–Crippen MR) is 415 cm³/mol. The first-order valence-corrected chi connectivity index (χ1v) is 36.7. The normalized spacial score (nSPS) is 11.6. The Labute approximate surface area is 592 Å². The topological polar surface area (TPSA) is 19.4 Å². The molecule has 512 valence electrons. The van der Waals surface area contributed by atoms with E-state index in [1.165, 1.54) is 150 Å². The Balaban J connectivity index is 0.000000195. The van der Waals surface area contributed by atoms with Crippen molar-refractivity contribution in [3.8, 4) is 56.3 Å². The molecule has 10 aromatic rings. The van der Waals surface area contributed by atoms with E-state index in [0.29, 0.717) is 17.8 Å². The first-order chi connectivity index (χ1) is 47.4. The van der Waals surface area contributed by atoms with Gasteiger partial charge in [0.1, 0.15) is 35.2 Å². The summed E-state index contributed by atoms with van der Waals surface area (Å²) in [7, 11) is 10.6. The van der Waals surface area contributed by atoms with Crippen molar-refractivity contribution in [2.45, 2.75) is 211 Å². The predicted octanol–water partition coefficient (Wildman–Crippen LogP) is 22.6. The van der Waals surface area contributed by atoms with E-state index < -0.39 is 11.8 Å². The van der Waals surface area contributed by atoms with E-state index in [-0.39, 0.29) is 0 Å². The molecule has 0 aliphatic carbocycles. The van der Waals surface area contributed by atoms with Gasteiger partial charge in [0.25, 0.3) is 0 Å². The zero-order valence-corrected chi connectivity index (χ0v) is 64.1. The fourth-order valence-electron chi connectivity index (χ4n) is 14.0. The van der Waals surface area contributed by atoms with Crippen LogP contribution in [0.1, 0.15) is 232 Å². The Morgan fingerprint density at radius 2 is 0.557 bits per heavy atom. The molecule has 0 radical (unpaired) electrons. The minimum atomic E-state index is -0.480.